The van der Waals surface area contributed by atoms with Gasteiger partial charge in [0.15, 0.2) is 8.46 Å². The molecule has 0 aliphatic rings. The van der Waals surface area contributed by atoms with Gasteiger partial charge in [-0.3, -0.25) is 4.57 Å². The van der Waals surface area contributed by atoms with E-state index in [0.717, 1.165) is 11.0 Å². The third-order valence-electron chi connectivity index (χ3n) is 1.04. The molecule has 46 valence electrons. The number of hydrogen-bond donors (Lipinski definition) is 1. The first-order valence-corrected chi connectivity index (χ1v) is 3.39. The van der Waals surface area contributed by atoms with Crippen molar-refractivity contribution in [3.05, 3.63) is 24.3 Å². The van der Waals surface area contributed by atoms with Crippen LogP contribution in [0.4, 0.5) is 5.69 Å². The molecule has 2 nitrogen and oxygen atoms in total. The van der Waals surface area contributed by atoms with Gasteiger partial charge in [0.25, 0.3) is 0 Å². The molecule has 0 aliphatic heterocycles. The van der Waals surface area contributed by atoms with E-state index in [1.165, 1.54) is 0 Å². The fourth-order valence-electron chi connectivity index (χ4n) is 0.557. The number of hydrogen-bond acceptors (Lipinski definition) is 1. The zero-order valence-electron chi connectivity index (χ0n) is 4.87. The van der Waals surface area contributed by atoms with Crippen molar-refractivity contribution in [2.24, 2.45) is 0 Å². The van der Waals surface area contributed by atoms with Crippen molar-refractivity contribution in [3.8, 4) is 0 Å². The maximum absolute atomic E-state index is 10.2. The van der Waals surface area contributed by atoms with E-state index in [1.54, 1.807) is 12.1 Å². The van der Waals surface area contributed by atoms with E-state index in [2.05, 4.69) is 5.73 Å². The molecule has 0 saturated carbocycles. The Kier molecular flexibility index (Phi) is 1.93. The van der Waals surface area contributed by atoms with Crippen LogP contribution in [0.5, 0.6) is 0 Å². The summed E-state index contributed by atoms with van der Waals surface area (Å²) in [5.74, 6) is 0. The molecular formula is C6H7NOP+. The van der Waals surface area contributed by atoms with Crippen molar-refractivity contribution in [1.29, 1.82) is 0 Å². The van der Waals surface area contributed by atoms with E-state index < -0.39 is 0 Å². The van der Waals surface area contributed by atoms with Crippen LogP contribution in [0.25, 0.3) is 0 Å². The van der Waals surface area contributed by atoms with Crippen molar-refractivity contribution in [1.82, 2.24) is 0 Å². The van der Waals surface area contributed by atoms with Gasteiger partial charge in [-0.05, 0) is 24.3 Å². The molecule has 0 aromatic heterocycles. The van der Waals surface area contributed by atoms with Gasteiger partial charge in [-0.25, -0.2) is 0 Å². The number of quaternary nitrogens is 1. The average Bonchev–Trinajstić information content (AvgIpc) is 1.90. The molecule has 3 heteroatoms. The Bertz CT molecular complexity index is 207. The molecule has 1 aromatic carbocycles. The van der Waals surface area contributed by atoms with Gasteiger partial charge >= 0.3 is 0 Å². The summed E-state index contributed by atoms with van der Waals surface area (Å²) in [7, 11) is 0.0742. The van der Waals surface area contributed by atoms with Crippen LogP contribution >= 0.6 is 8.46 Å². The van der Waals surface area contributed by atoms with Crippen LogP contribution in [0.2, 0.25) is 0 Å². The normalized spacial score (nSPS) is 9.89. The molecule has 0 spiro atoms. The Balaban J connectivity index is 3.01. The zero-order valence-corrected chi connectivity index (χ0v) is 5.77. The Morgan fingerprint density at radius 3 is 2.22 bits per heavy atom. The number of benzene rings is 1. The summed E-state index contributed by atoms with van der Waals surface area (Å²) in [5, 5.41) is 0.794. The first kappa shape index (κ1) is 6.40. The van der Waals surface area contributed by atoms with Crippen molar-refractivity contribution < 1.29 is 10.3 Å². The molecular weight excluding hydrogens is 133 g/mol. The third-order valence-corrected chi connectivity index (χ3v) is 1.55. The maximum Gasteiger partial charge on any atom is 0.192 e. The highest BCUT2D eigenvalue weighted by Gasteiger charge is 1.89. The van der Waals surface area contributed by atoms with Crippen LogP contribution in [-0.2, 0) is 4.57 Å². The van der Waals surface area contributed by atoms with Gasteiger partial charge in [0.2, 0.25) is 0 Å². The second-order valence-corrected chi connectivity index (χ2v) is 2.46. The molecule has 0 bridgehead atoms. The highest BCUT2D eigenvalue weighted by molar-refractivity contribution is 7.34. The molecule has 9 heavy (non-hydrogen) atoms. The van der Waals surface area contributed by atoms with E-state index >= 15 is 0 Å². The molecule has 0 radical (unpaired) electrons. The predicted octanol–water partition coefficient (Wildman–Crippen LogP) is 0.477. The minimum atomic E-state index is 0.0742. The highest BCUT2D eigenvalue weighted by Crippen LogP contribution is 1.99. The van der Waals surface area contributed by atoms with Gasteiger partial charge in [0, 0.05) is 5.30 Å². The van der Waals surface area contributed by atoms with Crippen molar-refractivity contribution in [2.75, 3.05) is 0 Å². The van der Waals surface area contributed by atoms with Crippen LogP contribution in [0, 0.1) is 0 Å². The first-order valence-electron chi connectivity index (χ1n) is 2.58. The molecule has 0 amide bonds. The Hall–Kier alpha value is -0.720. The quantitative estimate of drug-likeness (QED) is 0.566. The van der Waals surface area contributed by atoms with Crippen LogP contribution < -0.4 is 11.0 Å². The SMILES string of the molecule is [NH3+]c1ccc(P=O)cc1. The molecule has 0 fully saturated rings. The lowest BCUT2D eigenvalue weighted by molar-refractivity contribution is -0.254. The third kappa shape index (κ3) is 1.60. The minimum absolute atomic E-state index is 0.0742. The second-order valence-electron chi connectivity index (χ2n) is 1.76. The summed E-state index contributed by atoms with van der Waals surface area (Å²) in [6.45, 7) is 0. The predicted molar refractivity (Wildman–Crippen MR) is 36.2 cm³/mol. The molecule has 0 aliphatic carbocycles. The monoisotopic (exact) mass is 140 g/mol. The minimum Gasteiger partial charge on any atom is -0.325 e. The lowest BCUT2D eigenvalue weighted by atomic mass is 10.3. The van der Waals surface area contributed by atoms with Gasteiger partial charge < -0.3 is 5.73 Å². The van der Waals surface area contributed by atoms with E-state index in [0.29, 0.717) is 0 Å². The topological polar surface area (TPSA) is 44.7 Å². The zero-order chi connectivity index (χ0) is 6.69. The second kappa shape index (κ2) is 2.72. The number of rotatable bonds is 1. The average molecular weight is 140 g/mol. The summed E-state index contributed by atoms with van der Waals surface area (Å²) in [6, 6.07) is 7.24. The van der Waals surface area contributed by atoms with Gasteiger partial charge in [0.05, 0.1) is 0 Å². The molecule has 0 heterocycles. The Morgan fingerprint density at radius 1 is 1.22 bits per heavy atom. The molecule has 1 rings (SSSR count). The largest absolute Gasteiger partial charge is 0.325 e. The Labute approximate surface area is 54.9 Å². The van der Waals surface area contributed by atoms with E-state index in [4.69, 9.17) is 0 Å². The molecule has 0 saturated heterocycles. The smallest absolute Gasteiger partial charge is 0.192 e. The maximum atomic E-state index is 10.2. The van der Waals surface area contributed by atoms with Crippen LogP contribution in [-0.4, -0.2) is 0 Å². The van der Waals surface area contributed by atoms with Gasteiger partial charge in [-0.15, -0.1) is 0 Å². The van der Waals surface area contributed by atoms with Gasteiger partial charge in [-0.1, -0.05) is 0 Å². The standard InChI is InChI=1S/C6H6NOP/c7-5-1-3-6(9-8)4-2-5/h1-4H,7H2/p+1. The summed E-state index contributed by atoms with van der Waals surface area (Å²) in [5.41, 5.74) is 4.64. The van der Waals surface area contributed by atoms with E-state index in [1.807, 2.05) is 12.1 Å². The van der Waals surface area contributed by atoms with Crippen molar-refractivity contribution in [2.45, 2.75) is 0 Å². The molecule has 0 atom stereocenters. The van der Waals surface area contributed by atoms with Crippen LogP contribution in [0.3, 0.4) is 0 Å². The van der Waals surface area contributed by atoms with Crippen LogP contribution in [0.15, 0.2) is 24.3 Å². The molecule has 1 aromatic rings. The van der Waals surface area contributed by atoms with Crippen LogP contribution in [0.1, 0.15) is 0 Å². The lowest BCUT2D eigenvalue weighted by Gasteiger charge is -1.85. The summed E-state index contributed by atoms with van der Waals surface area (Å²) >= 11 is 0. The summed E-state index contributed by atoms with van der Waals surface area (Å²) in [6.07, 6.45) is 0. The fourth-order valence-corrected chi connectivity index (χ4v) is 0.828. The van der Waals surface area contributed by atoms with Gasteiger partial charge in [0.1, 0.15) is 5.69 Å². The van der Waals surface area contributed by atoms with E-state index in [-0.39, 0.29) is 8.46 Å². The highest BCUT2D eigenvalue weighted by atomic mass is 31.1. The lowest BCUT2D eigenvalue weighted by Crippen LogP contribution is -2.40. The summed E-state index contributed by atoms with van der Waals surface area (Å²) in [4.78, 5) is 0. The first-order chi connectivity index (χ1) is 4.33. The molecule has 3 N–H and O–H groups in total. The molecule has 0 unspecified atom stereocenters. The van der Waals surface area contributed by atoms with Crippen molar-refractivity contribution >= 4 is 19.5 Å². The Morgan fingerprint density at radius 2 is 1.78 bits per heavy atom. The van der Waals surface area contributed by atoms with Crippen molar-refractivity contribution in [3.63, 3.8) is 0 Å². The van der Waals surface area contributed by atoms with E-state index in [9.17, 15) is 4.57 Å². The summed E-state index contributed by atoms with van der Waals surface area (Å²) < 4.78 is 10.2. The fraction of sp³-hybridized carbons (Fsp3) is 0. The van der Waals surface area contributed by atoms with Gasteiger partial charge in [-0.2, -0.15) is 0 Å².